The van der Waals surface area contributed by atoms with Crippen molar-refractivity contribution in [3.05, 3.63) is 28.8 Å². The molecule has 128 valence electrons. The Kier molecular flexibility index (Phi) is 4.34. The number of aromatic nitrogens is 3. The molecule has 7 heteroatoms. The molecule has 0 saturated carbocycles. The molecule has 1 aliphatic carbocycles. The molecule has 2 N–H and O–H groups in total. The van der Waals surface area contributed by atoms with Gasteiger partial charge in [-0.1, -0.05) is 11.6 Å². The standard InChI is InChI=1S/C17H22N4O3/c22-17(16-12-4-2-1-3-5-14(12)24-21-16)18-15-10-13(19-20-15)11-6-8-23-9-7-11/h10-11H,1-9H2,(H2,18,19,20,22). The third kappa shape index (κ3) is 3.08. The first-order valence-corrected chi connectivity index (χ1v) is 8.73. The molecule has 1 amide bonds. The number of aromatic amines is 1. The third-order valence-electron chi connectivity index (χ3n) is 4.92. The van der Waals surface area contributed by atoms with Gasteiger partial charge in [0.15, 0.2) is 11.5 Å². The number of hydrogen-bond donors (Lipinski definition) is 2. The van der Waals surface area contributed by atoms with Gasteiger partial charge in [0.2, 0.25) is 0 Å². The molecule has 2 aromatic heterocycles. The normalized spacial score (nSPS) is 18.8. The molecule has 0 spiro atoms. The Balaban J connectivity index is 1.46. The van der Waals surface area contributed by atoms with E-state index in [2.05, 4.69) is 20.7 Å². The molecule has 0 atom stereocenters. The van der Waals surface area contributed by atoms with Crippen LogP contribution in [-0.2, 0) is 17.6 Å². The minimum atomic E-state index is -0.244. The van der Waals surface area contributed by atoms with Gasteiger partial charge in [0, 0.05) is 42.9 Å². The second-order valence-electron chi connectivity index (χ2n) is 6.54. The highest BCUT2D eigenvalue weighted by molar-refractivity contribution is 6.03. The molecule has 0 aromatic carbocycles. The van der Waals surface area contributed by atoms with Crippen LogP contribution in [0, 0.1) is 0 Å². The van der Waals surface area contributed by atoms with Crippen LogP contribution in [0.2, 0.25) is 0 Å². The smallest absolute Gasteiger partial charge is 0.279 e. The van der Waals surface area contributed by atoms with Crippen molar-refractivity contribution in [3.8, 4) is 0 Å². The number of nitrogens with one attached hydrogen (secondary N) is 2. The first-order chi connectivity index (χ1) is 11.8. The molecular weight excluding hydrogens is 308 g/mol. The van der Waals surface area contributed by atoms with Gasteiger partial charge >= 0.3 is 0 Å². The zero-order chi connectivity index (χ0) is 16.4. The van der Waals surface area contributed by atoms with Crippen LogP contribution >= 0.6 is 0 Å². The van der Waals surface area contributed by atoms with E-state index in [1.807, 2.05) is 6.07 Å². The van der Waals surface area contributed by atoms with Gasteiger partial charge in [-0.15, -0.1) is 0 Å². The molecule has 1 fully saturated rings. The monoisotopic (exact) mass is 330 g/mol. The van der Waals surface area contributed by atoms with E-state index in [9.17, 15) is 4.79 Å². The molecule has 4 rings (SSSR count). The molecule has 2 aromatic rings. The van der Waals surface area contributed by atoms with Crippen LogP contribution in [0.3, 0.4) is 0 Å². The summed E-state index contributed by atoms with van der Waals surface area (Å²) >= 11 is 0. The predicted octanol–water partition coefficient (Wildman–Crippen LogP) is 2.81. The van der Waals surface area contributed by atoms with Gasteiger partial charge in [-0.2, -0.15) is 5.10 Å². The fourth-order valence-electron chi connectivity index (χ4n) is 3.53. The summed E-state index contributed by atoms with van der Waals surface area (Å²) < 4.78 is 10.8. The summed E-state index contributed by atoms with van der Waals surface area (Å²) in [7, 11) is 0. The lowest BCUT2D eigenvalue weighted by Crippen LogP contribution is -2.15. The maximum atomic E-state index is 12.5. The molecule has 24 heavy (non-hydrogen) atoms. The van der Waals surface area contributed by atoms with Crippen LogP contribution in [0.4, 0.5) is 5.82 Å². The number of rotatable bonds is 3. The lowest BCUT2D eigenvalue weighted by atomic mass is 9.97. The van der Waals surface area contributed by atoms with Gasteiger partial charge in [0.25, 0.3) is 5.91 Å². The minimum Gasteiger partial charge on any atom is -0.381 e. The quantitative estimate of drug-likeness (QED) is 0.844. The van der Waals surface area contributed by atoms with Crippen molar-refractivity contribution >= 4 is 11.7 Å². The van der Waals surface area contributed by atoms with Gasteiger partial charge < -0.3 is 14.6 Å². The van der Waals surface area contributed by atoms with E-state index in [1.54, 1.807) is 0 Å². The van der Waals surface area contributed by atoms with Crippen LogP contribution in [0.5, 0.6) is 0 Å². The second kappa shape index (κ2) is 6.76. The third-order valence-corrected chi connectivity index (χ3v) is 4.92. The van der Waals surface area contributed by atoms with Crippen molar-refractivity contribution in [2.45, 2.75) is 50.9 Å². The fourth-order valence-corrected chi connectivity index (χ4v) is 3.53. The fraction of sp³-hybridized carbons (Fsp3) is 0.588. The second-order valence-corrected chi connectivity index (χ2v) is 6.54. The van der Waals surface area contributed by atoms with Crippen molar-refractivity contribution in [3.63, 3.8) is 0 Å². The SMILES string of the molecule is O=C(Nc1cc(C2CCOCC2)[nH]n1)c1noc2c1CCCCC2. The molecular formula is C17H22N4O3. The van der Waals surface area contributed by atoms with E-state index in [1.165, 1.54) is 6.42 Å². The maximum absolute atomic E-state index is 12.5. The van der Waals surface area contributed by atoms with Crippen LogP contribution in [-0.4, -0.2) is 34.5 Å². The Morgan fingerprint density at radius 2 is 2.04 bits per heavy atom. The largest absolute Gasteiger partial charge is 0.381 e. The Bertz CT molecular complexity index is 715. The topological polar surface area (TPSA) is 93.0 Å². The van der Waals surface area contributed by atoms with Gasteiger partial charge in [0.1, 0.15) is 5.76 Å². The number of amides is 1. The first-order valence-electron chi connectivity index (χ1n) is 8.73. The number of fused-ring (bicyclic) bond motifs is 1. The van der Waals surface area contributed by atoms with E-state index < -0.39 is 0 Å². The van der Waals surface area contributed by atoms with Gasteiger partial charge in [0.05, 0.1) is 0 Å². The minimum absolute atomic E-state index is 0.244. The van der Waals surface area contributed by atoms with Crippen LogP contribution in [0.15, 0.2) is 10.6 Å². The summed E-state index contributed by atoms with van der Waals surface area (Å²) in [4.78, 5) is 12.5. The number of anilines is 1. The number of carbonyl (C=O) groups is 1. The number of carbonyl (C=O) groups excluding carboxylic acids is 1. The average Bonchev–Trinajstić information content (AvgIpc) is 3.17. The first kappa shape index (κ1) is 15.4. The van der Waals surface area contributed by atoms with Crippen LogP contribution in [0.25, 0.3) is 0 Å². The molecule has 0 bridgehead atoms. The highest BCUT2D eigenvalue weighted by Gasteiger charge is 2.24. The van der Waals surface area contributed by atoms with Crippen LogP contribution < -0.4 is 5.32 Å². The Morgan fingerprint density at radius 1 is 1.21 bits per heavy atom. The van der Waals surface area contributed by atoms with Crippen molar-refractivity contribution in [2.75, 3.05) is 18.5 Å². The zero-order valence-corrected chi connectivity index (χ0v) is 13.6. The van der Waals surface area contributed by atoms with Crippen molar-refractivity contribution in [2.24, 2.45) is 0 Å². The molecule has 2 aliphatic rings. The van der Waals surface area contributed by atoms with Crippen molar-refractivity contribution in [1.29, 1.82) is 0 Å². The van der Waals surface area contributed by atoms with Gasteiger partial charge in [-0.25, -0.2) is 0 Å². The van der Waals surface area contributed by atoms with E-state index in [-0.39, 0.29) is 5.91 Å². The van der Waals surface area contributed by atoms with Crippen molar-refractivity contribution < 1.29 is 14.1 Å². The molecule has 7 nitrogen and oxygen atoms in total. The molecule has 0 radical (unpaired) electrons. The van der Waals surface area contributed by atoms with E-state index in [0.717, 1.165) is 68.8 Å². The lowest BCUT2D eigenvalue weighted by molar-refractivity contribution is 0.0845. The molecule has 1 saturated heterocycles. The summed E-state index contributed by atoms with van der Waals surface area (Å²) in [5.41, 5.74) is 2.42. The number of nitrogens with zero attached hydrogens (tertiary/aromatic N) is 2. The van der Waals surface area contributed by atoms with Crippen LogP contribution in [0.1, 0.15) is 65.5 Å². The van der Waals surface area contributed by atoms with E-state index in [4.69, 9.17) is 9.26 Å². The summed E-state index contributed by atoms with van der Waals surface area (Å²) in [6.07, 6.45) is 7.01. The Morgan fingerprint density at radius 3 is 2.92 bits per heavy atom. The summed E-state index contributed by atoms with van der Waals surface area (Å²) in [6, 6.07) is 1.91. The molecule has 3 heterocycles. The summed E-state index contributed by atoms with van der Waals surface area (Å²) in [5, 5.41) is 14.1. The highest BCUT2D eigenvalue weighted by Crippen LogP contribution is 2.27. The average molecular weight is 330 g/mol. The van der Waals surface area contributed by atoms with E-state index >= 15 is 0 Å². The number of H-pyrrole nitrogens is 1. The highest BCUT2D eigenvalue weighted by atomic mass is 16.5. The predicted molar refractivity (Wildman–Crippen MR) is 87.1 cm³/mol. The zero-order valence-electron chi connectivity index (χ0n) is 13.6. The van der Waals surface area contributed by atoms with Crippen molar-refractivity contribution in [1.82, 2.24) is 15.4 Å². The maximum Gasteiger partial charge on any atom is 0.279 e. The lowest BCUT2D eigenvalue weighted by Gasteiger charge is -2.20. The Labute approximate surface area is 140 Å². The number of hydrogen-bond acceptors (Lipinski definition) is 5. The van der Waals surface area contributed by atoms with Gasteiger partial charge in [-0.3, -0.25) is 9.89 Å². The number of ether oxygens (including phenoxy) is 1. The van der Waals surface area contributed by atoms with E-state index in [0.29, 0.717) is 17.4 Å². The summed E-state index contributed by atoms with van der Waals surface area (Å²) in [5.74, 6) is 1.57. The Hall–Kier alpha value is -2.15. The summed E-state index contributed by atoms with van der Waals surface area (Å²) in [6.45, 7) is 1.55. The molecule has 1 aliphatic heterocycles. The number of aryl methyl sites for hydroxylation is 1. The van der Waals surface area contributed by atoms with Gasteiger partial charge in [-0.05, 0) is 32.1 Å². The molecule has 0 unspecified atom stereocenters.